The molecule has 0 aliphatic carbocycles. The van der Waals surface area contributed by atoms with Gasteiger partial charge in [0.2, 0.25) is 11.7 Å². The van der Waals surface area contributed by atoms with E-state index >= 15 is 0 Å². The maximum absolute atomic E-state index is 6.04. The van der Waals surface area contributed by atoms with Gasteiger partial charge >= 0.3 is 0 Å². The van der Waals surface area contributed by atoms with Crippen molar-refractivity contribution in [1.82, 2.24) is 24.9 Å². The molecule has 0 amide bonds. The van der Waals surface area contributed by atoms with Crippen LogP contribution in [0, 0.1) is 0 Å². The van der Waals surface area contributed by atoms with Gasteiger partial charge in [0.05, 0.1) is 20.0 Å². The Kier molecular flexibility index (Phi) is 5.78. The summed E-state index contributed by atoms with van der Waals surface area (Å²) in [5.41, 5.74) is 0.767. The van der Waals surface area contributed by atoms with Crippen molar-refractivity contribution in [2.45, 2.75) is 17.0 Å². The molecule has 0 radical (unpaired) electrons. The van der Waals surface area contributed by atoms with Crippen molar-refractivity contribution < 1.29 is 23.5 Å². The van der Waals surface area contributed by atoms with E-state index < -0.39 is 0 Å². The average molecular weight is 468 g/mol. The molecule has 5 rings (SSSR count). The zero-order valence-electron chi connectivity index (χ0n) is 18.2. The largest absolute Gasteiger partial charge is 0.493 e. The summed E-state index contributed by atoms with van der Waals surface area (Å²) in [6.45, 7) is 0.367. The standard InChI is InChI=1S/C22H21N5O5S/c1-27-21(18-11-30-15-6-4-5-7-16(15)31-18)24-25-22(27)33-12-19-23-20(26-32-19)13-8-9-14(28-2)17(10-13)29-3/h4-10,18H,11-12H2,1-3H3. The van der Waals surface area contributed by atoms with Gasteiger partial charge in [-0.3, -0.25) is 0 Å². The fourth-order valence-corrected chi connectivity index (χ4v) is 4.17. The number of para-hydroxylation sites is 2. The van der Waals surface area contributed by atoms with Crippen LogP contribution in [0.2, 0.25) is 0 Å². The molecule has 0 fully saturated rings. The molecule has 33 heavy (non-hydrogen) atoms. The first-order valence-corrected chi connectivity index (χ1v) is 11.1. The third-order valence-electron chi connectivity index (χ3n) is 5.10. The first kappa shape index (κ1) is 21.1. The molecule has 1 aliphatic heterocycles. The third kappa shape index (κ3) is 4.19. The highest BCUT2D eigenvalue weighted by atomic mass is 32.2. The van der Waals surface area contributed by atoms with Crippen LogP contribution < -0.4 is 18.9 Å². The minimum absolute atomic E-state index is 0.341. The molecular formula is C22H21N5O5S. The van der Waals surface area contributed by atoms with Gasteiger partial charge < -0.3 is 28.0 Å². The zero-order valence-corrected chi connectivity index (χ0v) is 19.0. The second-order valence-electron chi connectivity index (χ2n) is 7.13. The molecule has 0 bridgehead atoms. The molecule has 4 aromatic rings. The first-order chi connectivity index (χ1) is 16.2. The molecular weight excluding hydrogens is 446 g/mol. The van der Waals surface area contributed by atoms with Gasteiger partial charge in [-0.05, 0) is 30.3 Å². The molecule has 0 saturated heterocycles. The lowest BCUT2D eigenvalue weighted by atomic mass is 10.2. The average Bonchev–Trinajstić information content (AvgIpc) is 3.48. The molecule has 10 nitrogen and oxygen atoms in total. The zero-order chi connectivity index (χ0) is 22.8. The van der Waals surface area contributed by atoms with Crippen molar-refractivity contribution in [3.05, 3.63) is 54.2 Å². The van der Waals surface area contributed by atoms with Crippen LogP contribution in [0.15, 0.2) is 52.1 Å². The molecule has 1 atom stereocenters. The van der Waals surface area contributed by atoms with Gasteiger partial charge in [0.15, 0.2) is 40.1 Å². The Morgan fingerprint density at radius 3 is 2.70 bits per heavy atom. The summed E-state index contributed by atoms with van der Waals surface area (Å²) in [6, 6.07) is 13.0. The summed E-state index contributed by atoms with van der Waals surface area (Å²) in [4.78, 5) is 4.48. The number of hydrogen-bond acceptors (Lipinski definition) is 10. The Bertz CT molecular complexity index is 1270. The Balaban J connectivity index is 1.26. The summed E-state index contributed by atoms with van der Waals surface area (Å²) < 4.78 is 29.8. The highest BCUT2D eigenvalue weighted by molar-refractivity contribution is 7.98. The van der Waals surface area contributed by atoms with E-state index in [0.29, 0.717) is 52.3 Å². The quantitative estimate of drug-likeness (QED) is 0.374. The third-order valence-corrected chi connectivity index (χ3v) is 6.10. The molecule has 2 aromatic carbocycles. The number of nitrogens with zero attached hydrogens (tertiary/aromatic N) is 5. The van der Waals surface area contributed by atoms with Crippen LogP contribution in [0.5, 0.6) is 23.0 Å². The maximum Gasteiger partial charge on any atom is 0.237 e. The predicted octanol–water partition coefficient (Wildman–Crippen LogP) is 3.69. The van der Waals surface area contributed by atoms with Crippen molar-refractivity contribution in [3.8, 4) is 34.4 Å². The lowest BCUT2D eigenvalue weighted by Crippen LogP contribution is -2.24. The van der Waals surface area contributed by atoms with Gasteiger partial charge in [0.1, 0.15) is 6.61 Å². The second-order valence-corrected chi connectivity index (χ2v) is 8.08. The molecule has 1 unspecified atom stereocenters. The molecule has 170 valence electrons. The molecule has 2 aromatic heterocycles. The number of benzene rings is 2. The number of ether oxygens (including phenoxy) is 4. The lowest BCUT2D eigenvalue weighted by Gasteiger charge is -2.25. The van der Waals surface area contributed by atoms with Crippen LogP contribution in [0.1, 0.15) is 17.8 Å². The van der Waals surface area contributed by atoms with Crippen molar-refractivity contribution in [2.75, 3.05) is 20.8 Å². The summed E-state index contributed by atoms with van der Waals surface area (Å²) in [5, 5.41) is 13.4. The number of rotatable bonds is 7. The molecule has 3 heterocycles. The summed E-state index contributed by atoms with van der Waals surface area (Å²) in [7, 11) is 5.06. The fraction of sp³-hybridized carbons (Fsp3) is 0.273. The Hall–Kier alpha value is -3.73. The Morgan fingerprint density at radius 2 is 1.88 bits per heavy atom. The molecule has 1 aliphatic rings. The van der Waals surface area contributed by atoms with Crippen LogP contribution in [0.25, 0.3) is 11.4 Å². The highest BCUT2D eigenvalue weighted by Gasteiger charge is 2.27. The number of fused-ring (bicyclic) bond motifs is 1. The van der Waals surface area contributed by atoms with E-state index in [2.05, 4.69) is 20.3 Å². The molecule has 0 saturated carbocycles. The van der Waals surface area contributed by atoms with E-state index in [9.17, 15) is 0 Å². The van der Waals surface area contributed by atoms with Gasteiger partial charge in [0.25, 0.3) is 0 Å². The number of hydrogen-bond donors (Lipinski definition) is 0. The normalized spacial score (nSPS) is 14.8. The smallest absolute Gasteiger partial charge is 0.237 e. The SMILES string of the molecule is COc1ccc(-c2noc(CSc3nnc(C4COc5ccccc5O4)n3C)n2)cc1OC. The minimum Gasteiger partial charge on any atom is -0.493 e. The Labute approximate surface area is 193 Å². The summed E-state index contributed by atoms with van der Waals surface area (Å²) in [6.07, 6.45) is -0.341. The van der Waals surface area contributed by atoms with Crippen LogP contribution in [0.4, 0.5) is 0 Å². The van der Waals surface area contributed by atoms with E-state index in [1.807, 2.05) is 41.9 Å². The van der Waals surface area contributed by atoms with Gasteiger partial charge in [-0.1, -0.05) is 29.1 Å². The summed E-state index contributed by atoms with van der Waals surface area (Å²) >= 11 is 1.44. The van der Waals surface area contributed by atoms with Crippen LogP contribution in [-0.4, -0.2) is 45.7 Å². The lowest BCUT2D eigenvalue weighted by molar-refractivity contribution is 0.0825. The van der Waals surface area contributed by atoms with E-state index in [1.165, 1.54) is 11.8 Å². The van der Waals surface area contributed by atoms with Gasteiger partial charge in [0, 0.05) is 12.6 Å². The summed E-state index contributed by atoms with van der Waals surface area (Å²) in [5.74, 6) is 4.72. The fourth-order valence-electron chi connectivity index (χ4n) is 3.41. The number of methoxy groups -OCH3 is 2. The second kappa shape index (κ2) is 9.02. The van der Waals surface area contributed by atoms with E-state index in [1.54, 1.807) is 26.4 Å². The molecule has 0 N–H and O–H groups in total. The van der Waals surface area contributed by atoms with Crippen LogP contribution in [0.3, 0.4) is 0 Å². The van der Waals surface area contributed by atoms with Crippen LogP contribution in [-0.2, 0) is 12.8 Å². The monoisotopic (exact) mass is 467 g/mol. The van der Waals surface area contributed by atoms with Crippen molar-refractivity contribution in [2.24, 2.45) is 7.05 Å². The van der Waals surface area contributed by atoms with E-state index in [-0.39, 0.29) is 6.10 Å². The highest BCUT2D eigenvalue weighted by Crippen LogP contribution is 2.36. The van der Waals surface area contributed by atoms with Crippen LogP contribution >= 0.6 is 11.8 Å². The topological polar surface area (TPSA) is 107 Å². The molecule has 11 heteroatoms. The maximum atomic E-state index is 6.04. The van der Waals surface area contributed by atoms with Crippen molar-refractivity contribution in [1.29, 1.82) is 0 Å². The van der Waals surface area contributed by atoms with Crippen molar-refractivity contribution in [3.63, 3.8) is 0 Å². The Morgan fingerprint density at radius 1 is 1.06 bits per heavy atom. The predicted molar refractivity (Wildman–Crippen MR) is 119 cm³/mol. The number of aromatic nitrogens is 5. The first-order valence-electron chi connectivity index (χ1n) is 10.1. The van der Waals surface area contributed by atoms with E-state index in [4.69, 9.17) is 23.5 Å². The van der Waals surface area contributed by atoms with Gasteiger partial charge in [-0.15, -0.1) is 10.2 Å². The number of thioether (sulfide) groups is 1. The van der Waals surface area contributed by atoms with Gasteiger partial charge in [-0.25, -0.2) is 0 Å². The van der Waals surface area contributed by atoms with Crippen molar-refractivity contribution >= 4 is 11.8 Å². The van der Waals surface area contributed by atoms with Gasteiger partial charge in [-0.2, -0.15) is 4.98 Å². The molecule has 0 spiro atoms. The minimum atomic E-state index is -0.341. The van der Waals surface area contributed by atoms with E-state index in [0.717, 1.165) is 11.3 Å².